The number of halogens is 1. The Morgan fingerprint density at radius 3 is 2.52 bits per heavy atom. The van der Waals surface area contributed by atoms with E-state index in [1.807, 2.05) is 31.2 Å². The molecule has 1 N–H and O–H groups in total. The molecule has 0 radical (unpaired) electrons. The van der Waals surface area contributed by atoms with Crippen molar-refractivity contribution in [2.24, 2.45) is 14.1 Å². The molecular weight excluding hydrogens is 392 g/mol. The third-order valence-corrected chi connectivity index (χ3v) is 5.28. The molecule has 9 heteroatoms. The second-order valence-electron chi connectivity index (χ2n) is 6.61. The van der Waals surface area contributed by atoms with Crippen LogP contribution in [0.15, 0.2) is 36.5 Å². The lowest BCUT2D eigenvalue weighted by Crippen LogP contribution is -2.14. The monoisotopic (exact) mass is 410 g/mol. The van der Waals surface area contributed by atoms with Crippen LogP contribution in [0.4, 0.5) is 5.82 Å². The maximum absolute atomic E-state index is 13.1. The molecule has 0 aliphatic carbocycles. The maximum atomic E-state index is 13.1. The number of amides is 1. The van der Waals surface area contributed by atoms with Gasteiger partial charge in [0.05, 0.1) is 35.6 Å². The van der Waals surface area contributed by atoms with E-state index >= 15 is 0 Å². The average molecular weight is 411 g/mol. The second kappa shape index (κ2) is 7.21. The number of fused-ring (bicyclic) bond motifs is 1. The van der Waals surface area contributed by atoms with Gasteiger partial charge in [0.1, 0.15) is 10.8 Å². The molecule has 4 rings (SSSR count). The van der Waals surface area contributed by atoms with Crippen molar-refractivity contribution in [3.8, 4) is 17.0 Å². The summed E-state index contributed by atoms with van der Waals surface area (Å²) in [6.07, 6.45) is 1.63. The molecular formula is C20H19ClN6O2. The summed E-state index contributed by atoms with van der Waals surface area (Å²) in [7, 11) is 5.17. The molecule has 0 spiro atoms. The third kappa shape index (κ3) is 3.31. The highest BCUT2D eigenvalue weighted by Gasteiger charge is 2.20. The lowest BCUT2D eigenvalue weighted by atomic mass is 10.1. The van der Waals surface area contributed by atoms with Crippen LogP contribution < -0.4 is 10.1 Å². The third-order valence-electron chi connectivity index (χ3n) is 4.83. The predicted molar refractivity (Wildman–Crippen MR) is 111 cm³/mol. The molecule has 3 aromatic heterocycles. The molecule has 0 atom stereocenters. The van der Waals surface area contributed by atoms with Gasteiger partial charge < -0.3 is 10.1 Å². The van der Waals surface area contributed by atoms with Crippen molar-refractivity contribution in [1.82, 2.24) is 24.5 Å². The van der Waals surface area contributed by atoms with Crippen molar-refractivity contribution in [2.45, 2.75) is 6.92 Å². The minimum atomic E-state index is -0.333. The highest BCUT2D eigenvalue weighted by molar-refractivity contribution is 6.34. The number of aromatic nitrogens is 5. The van der Waals surface area contributed by atoms with Crippen LogP contribution >= 0.6 is 11.6 Å². The summed E-state index contributed by atoms with van der Waals surface area (Å²) in [6, 6.07) is 9.22. The Kier molecular flexibility index (Phi) is 4.71. The van der Waals surface area contributed by atoms with Crippen molar-refractivity contribution in [3.05, 3.63) is 52.8 Å². The van der Waals surface area contributed by atoms with Gasteiger partial charge in [-0.25, -0.2) is 4.98 Å². The number of hydrogen-bond donors (Lipinski definition) is 1. The Morgan fingerprint density at radius 1 is 1.17 bits per heavy atom. The summed E-state index contributed by atoms with van der Waals surface area (Å²) in [4.78, 5) is 17.8. The summed E-state index contributed by atoms with van der Waals surface area (Å²) < 4.78 is 8.47. The molecule has 0 saturated carbocycles. The van der Waals surface area contributed by atoms with Crippen LogP contribution in [0.2, 0.25) is 5.02 Å². The van der Waals surface area contributed by atoms with E-state index in [9.17, 15) is 4.79 Å². The lowest BCUT2D eigenvalue weighted by Gasteiger charge is -2.09. The van der Waals surface area contributed by atoms with Crippen LogP contribution in [-0.2, 0) is 14.1 Å². The number of rotatable bonds is 4. The zero-order chi connectivity index (χ0) is 20.7. The van der Waals surface area contributed by atoms with E-state index in [0.29, 0.717) is 33.1 Å². The smallest absolute Gasteiger partial charge is 0.257 e. The van der Waals surface area contributed by atoms with E-state index < -0.39 is 0 Å². The molecule has 8 nitrogen and oxygen atoms in total. The van der Waals surface area contributed by atoms with Gasteiger partial charge in [0, 0.05) is 19.7 Å². The van der Waals surface area contributed by atoms with Gasteiger partial charge >= 0.3 is 0 Å². The molecule has 4 aromatic rings. The number of ether oxygens (including phenoxy) is 1. The fourth-order valence-corrected chi connectivity index (χ4v) is 3.26. The molecule has 0 aliphatic heterocycles. The molecule has 0 bridgehead atoms. The molecule has 148 valence electrons. The summed E-state index contributed by atoms with van der Waals surface area (Å²) >= 11 is 6.28. The van der Waals surface area contributed by atoms with Gasteiger partial charge in [-0.15, -0.1) is 0 Å². The number of carbonyl (C=O) groups is 1. The first-order valence-corrected chi connectivity index (χ1v) is 9.24. The Labute approximate surface area is 172 Å². The molecule has 0 saturated heterocycles. The number of aryl methyl sites for hydroxylation is 2. The van der Waals surface area contributed by atoms with Gasteiger partial charge in [-0.3, -0.25) is 14.2 Å². The predicted octanol–water partition coefficient (Wildman–Crippen LogP) is 3.59. The Bertz CT molecular complexity index is 1230. The van der Waals surface area contributed by atoms with Crippen molar-refractivity contribution < 1.29 is 9.53 Å². The number of nitrogens with zero attached hydrogens (tertiary/aromatic N) is 5. The number of pyridine rings is 1. The van der Waals surface area contributed by atoms with E-state index in [1.165, 1.54) is 0 Å². The van der Waals surface area contributed by atoms with E-state index in [-0.39, 0.29) is 5.91 Å². The number of anilines is 1. The van der Waals surface area contributed by atoms with Gasteiger partial charge in [0.2, 0.25) is 0 Å². The normalized spacial score (nSPS) is 11.1. The highest BCUT2D eigenvalue weighted by atomic mass is 35.5. The minimum Gasteiger partial charge on any atom is -0.497 e. The zero-order valence-electron chi connectivity index (χ0n) is 16.4. The molecule has 0 unspecified atom stereocenters. The first-order chi connectivity index (χ1) is 13.9. The number of benzene rings is 1. The quantitative estimate of drug-likeness (QED) is 0.555. The maximum Gasteiger partial charge on any atom is 0.257 e. The molecule has 0 aliphatic rings. The summed E-state index contributed by atoms with van der Waals surface area (Å²) in [5.74, 6) is 0.727. The fraction of sp³-hybridized carbons (Fsp3) is 0.200. The standard InChI is InChI=1S/C20H19ClN6O2/c1-11-17(21)18(25-26(11)2)24-20(28)14-9-16(12-5-7-13(29-4)8-6-12)23-19-15(14)10-22-27(19)3/h5-10H,1-4H3,(H,24,25,28). The van der Waals surface area contributed by atoms with Crippen LogP contribution in [0.25, 0.3) is 22.3 Å². The Balaban J connectivity index is 1.80. The van der Waals surface area contributed by atoms with Gasteiger partial charge in [0.25, 0.3) is 5.91 Å². The average Bonchev–Trinajstić information content (AvgIpc) is 3.22. The van der Waals surface area contributed by atoms with Crippen LogP contribution in [-0.4, -0.2) is 37.6 Å². The number of carbonyl (C=O) groups excluding carboxylic acids is 1. The largest absolute Gasteiger partial charge is 0.497 e. The highest BCUT2D eigenvalue weighted by Crippen LogP contribution is 2.28. The van der Waals surface area contributed by atoms with Crippen LogP contribution in [0.5, 0.6) is 5.75 Å². The van der Waals surface area contributed by atoms with Gasteiger partial charge in [-0.1, -0.05) is 11.6 Å². The van der Waals surface area contributed by atoms with Gasteiger partial charge in [-0.2, -0.15) is 10.2 Å². The SMILES string of the molecule is COc1ccc(-c2cc(C(=O)Nc3nn(C)c(C)c3Cl)c3cnn(C)c3n2)cc1. The van der Waals surface area contributed by atoms with Crippen molar-refractivity contribution in [1.29, 1.82) is 0 Å². The first-order valence-electron chi connectivity index (χ1n) is 8.86. The van der Waals surface area contributed by atoms with Gasteiger partial charge in [0.15, 0.2) is 11.5 Å². The molecule has 3 heterocycles. The van der Waals surface area contributed by atoms with Crippen LogP contribution in [0.1, 0.15) is 16.1 Å². The topological polar surface area (TPSA) is 86.9 Å². The molecule has 1 amide bonds. The van der Waals surface area contributed by atoms with E-state index in [4.69, 9.17) is 16.3 Å². The van der Waals surface area contributed by atoms with E-state index in [2.05, 4.69) is 20.5 Å². The molecule has 29 heavy (non-hydrogen) atoms. The van der Waals surface area contributed by atoms with Gasteiger partial charge in [-0.05, 0) is 37.3 Å². The van der Waals surface area contributed by atoms with Crippen molar-refractivity contribution in [2.75, 3.05) is 12.4 Å². The molecule has 1 aromatic carbocycles. The van der Waals surface area contributed by atoms with Crippen LogP contribution in [0.3, 0.4) is 0 Å². The number of methoxy groups -OCH3 is 1. The molecule has 0 fully saturated rings. The minimum absolute atomic E-state index is 0.316. The second-order valence-corrected chi connectivity index (χ2v) is 6.99. The van der Waals surface area contributed by atoms with Crippen molar-refractivity contribution >= 4 is 34.4 Å². The Morgan fingerprint density at radius 2 is 1.90 bits per heavy atom. The number of nitrogens with one attached hydrogen (secondary N) is 1. The van der Waals surface area contributed by atoms with Crippen LogP contribution in [0, 0.1) is 6.92 Å². The summed E-state index contributed by atoms with van der Waals surface area (Å²) in [6.45, 7) is 1.83. The first kappa shape index (κ1) is 18.9. The summed E-state index contributed by atoms with van der Waals surface area (Å²) in [5, 5.41) is 12.4. The zero-order valence-corrected chi connectivity index (χ0v) is 17.2. The lowest BCUT2D eigenvalue weighted by molar-refractivity contribution is 0.102. The summed E-state index contributed by atoms with van der Waals surface area (Å²) in [5.41, 5.74) is 3.31. The van der Waals surface area contributed by atoms with E-state index in [0.717, 1.165) is 17.0 Å². The van der Waals surface area contributed by atoms with Crippen molar-refractivity contribution in [3.63, 3.8) is 0 Å². The Hall–Kier alpha value is -3.39. The fourth-order valence-electron chi connectivity index (χ4n) is 3.05. The van der Waals surface area contributed by atoms with E-state index in [1.54, 1.807) is 42.8 Å². The number of hydrogen-bond acceptors (Lipinski definition) is 5.